The molecule has 4 heteroatoms. The van der Waals surface area contributed by atoms with Gasteiger partial charge in [0.15, 0.2) is 0 Å². The molecule has 3 N–H and O–H groups in total. The molecule has 1 saturated carbocycles. The largest absolute Gasteiger partial charge is 0.480 e. The average Bonchev–Trinajstić information content (AvgIpc) is 2.09. The summed E-state index contributed by atoms with van der Waals surface area (Å²) in [5.41, 5.74) is 4.76. The van der Waals surface area contributed by atoms with Crippen molar-refractivity contribution in [2.45, 2.75) is 37.8 Å². The Balaban J connectivity index is 2.67. The second kappa shape index (κ2) is 3.64. The molecular formula is C9H17NO3. The van der Waals surface area contributed by atoms with Gasteiger partial charge in [-0.05, 0) is 25.2 Å². The lowest BCUT2D eigenvalue weighted by Gasteiger charge is -2.38. The van der Waals surface area contributed by atoms with Crippen LogP contribution in [-0.4, -0.2) is 29.8 Å². The van der Waals surface area contributed by atoms with Gasteiger partial charge in [-0.3, -0.25) is 4.79 Å². The Morgan fingerprint density at radius 1 is 1.69 bits per heavy atom. The summed E-state index contributed by atoms with van der Waals surface area (Å²) >= 11 is 0. The summed E-state index contributed by atoms with van der Waals surface area (Å²) < 4.78 is 5.19. The first-order valence-corrected chi connectivity index (χ1v) is 4.55. The molecule has 0 saturated heterocycles. The summed E-state index contributed by atoms with van der Waals surface area (Å²) in [7, 11) is 1.65. The molecule has 1 aliphatic carbocycles. The van der Waals surface area contributed by atoms with Crippen molar-refractivity contribution < 1.29 is 14.6 Å². The highest BCUT2D eigenvalue weighted by Gasteiger charge is 2.44. The number of hydrogen-bond acceptors (Lipinski definition) is 3. The fourth-order valence-electron chi connectivity index (χ4n) is 1.90. The zero-order valence-corrected chi connectivity index (χ0v) is 8.12. The van der Waals surface area contributed by atoms with Crippen LogP contribution in [0.5, 0.6) is 0 Å². The van der Waals surface area contributed by atoms with Gasteiger partial charge in [-0.25, -0.2) is 0 Å². The van der Waals surface area contributed by atoms with Crippen LogP contribution in [-0.2, 0) is 9.53 Å². The lowest BCUT2D eigenvalue weighted by atomic mass is 9.73. The minimum Gasteiger partial charge on any atom is -0.480 e. The fraction of sp³-hybridized carbons (Fsp3) is 0.889. The maximum Gasteiger partial charge on any atom is 0.323 e. The molecule has 76 valence electrons. The number of aliphatic carboxylic acids is 1. The van der Waals surface area contributed by atoms with E-state index in [0.717, 1.165) is 12.8 Å². The molecule has 0 aliphatic heterocycles. The zero-order valence-electron chi connectivity index (χ0n) is 8.12. The van der Waals surface area contributed by atoms with Crippen molar-refractivity contribution in [1.29, 1.82) is 0 Å². The van der Waals surface area contributed by atoms with Crippen LogP contribution in [0.15, 0.2) is 0 Å². The van der Waals surface area contributed by atoms with E-state index in [2.05, 4.69) is 0 Å². The summed E-state index contributed by atoms with van der Waals surface area (Å²) in [6.07, 6.45) is 2.15. The van der Waals surface area contributed by atoms with Crippen LogP contribution in [0.3, 0.4) is 0 Å². The molecule has 13 heavy (non-hydrogen) atoms. The molecule has 0 spiro atoms. The first kappa shape index (κ1) is 10.5. The van der Waals surface area contributed by atoms with E-state index >= 15 is 0 Å². The molecule has 0 aromatic carbocycles. The van der Waals surface area contributed by atoms with Crippen molar-refractivity contribution in [2.24, 2.45) is 11.7 Å². The lowest BCUT2D eigenvalue weighted by Crippen LogP contribution is -2.56. The van der Waals surface area contributed by atoms with E-state index in [1.165, 1.54) is 0 Å². The number of ether oxygens (including phenoxy) is 1. The normalized spacial score (nSPS) is 40.2. The maximum atomic E-state index is 10.9. The van der Waals surface area contributed by atoms with Crippen molar-refractivity contribution in [3.05, 3.63) is 0 Å². The molecule has 0 bridgehead atoms. The standard InChI is InChI=1S/C9H17NO3/c1-6-5-7(13-2)3-4-9(6,10)8(11)12/h6-7H,3-5,10H2,1-2H3,(H,11,12). The minimum absolute atomic E-state index is 0.0244. The highest BCUT2D eigenvalue weighted by molar-refractivity contribution is 5.79. The van der Waals surface area contributed by atoms with Crippen molar-refractivity contribution >= 4 is 5.97 Å². The van der Waals surface area contributed by atoms with E-state index in [-0.39, 0.29) is 12.0 Å². The van der Waals surface area contributed by atoms with Gasteiger partial charge in [-0.15, -0.1) is 0 Å². The van der Waals surface area contributed by atoms with Gasteiger partial charge in [0, 0.05) is 7.11 Å². The monoisotopic (exact) mass is 187 g/mol. The third-order valence-corrected chi connectivity index (χ3v) is 3.11. The smallest absolute Gasteiger partial charge is 0.323 e. The van der Waals surface area contributed by atoms with E-state index in [1.807, 2.05) is 6.92 Å². The highest BCUT2D eigenvalue weighted by atomic mass is 16.5. The summed E-state index contributed by atoms with van der Waals surface area (Å²) in [4.78, 5) is 10.9. The van der Waals surface area contributed by atoms with Gasteiger partial charge in [-0.1, -0.05) is 6.92 Å². The first-order valence-electron chi connectivity index (χ1n) is 4.55. The number of nitrogens with two attached hydrogens (primary N) is 1. The average molecular weight is 187 g/mol. The topological polar surface area (TPSA) is 72.5 Å². The van der Waals surface area contributed by atoms with E-state index in [1.54, 1.807) is 7.11 Å². The highest BCUT2D eigenvalue weighted by Crippen LogP contribution is 2.33. The van der Waals surface area contributed by atoms with Crippen LogP contribution in [0.1, 0.15) is 26.2 Å². The Labute approximate surface area is 78.1 Å². The minimum atomic E-state index is -1.05. The molecular weight excluding hydrogens is 170 g/mol. The van der Waals surface area contributed by atoms with E-state index in [0.29, 0.717) is 6.42 Å². The zero-order chi connectivity index (χ0) is 10.1. The summed E-state index contributed by atoms with van der Waals surface area (Å²) in [6, 6.07) is 0. The van der Waals surface area contributed by atoms with Crippen molar-refractivity contribution in [2.75, 3.05) is 7.11 Å². The number of methoxy groups -OCH3 is 1. The third kappa shape index (κ3) is 1.84. The Hall–Kier alpha value is -0.610. The summed E-state index contributed by atoms with van der Waals surface area (Å²) in [5.74, 6) is -0.918. The predicted octanol–water partition coefficient (Wildman–Crippen LogP) is 0.603. The van der Waals surface area contributed by atoms with E-state index in [9.17, 15) is 4.79 Å². The van der Waals surface area contributed by atoms with Crippen molar-refractivity contribution in [3.63, 3.8) is 0 Å². The number of carboxylic acids is 1. The van der Waals surface area contributed by atoms with Gasteiger partial charge < -0.3 is 15.6 Å². The molecule has 0 amide bonds. The van der Waals surface area contributed by atoms with Crippen molar-refractivity contribution in [1.82, 2.24) is 0 Å². The van der Waals surface area contributed by atoms with Gasteiger partial charge in [-0.2, -0.15) is 0 Å². The van der Waals surface area contributed by atoms with Gasteiger partial charge >= 0.3 is 5.97 Å². The van der Waals surface area contributed by atoms with Gasteiger partial charge in [0.1, 0.15) is 5.54 Å². The maximum absolute atomic E-state index is 10.9. The van der Waals surface area contributed by atoms with E-state index in [4.69, 9.17) is 15.6 Å². The van der Waals surface area contributed by atoms with E-state index < -0.39 is 11.5 Å². The number of carboxylic acid groups (broad SMARTS) is 1. The number of carbonyl (C=O) groups is 1. The number of hydrogen-bond donors (Lipinski definition) is 2. The second-order valence-electron chi connectivity index (χ2n) is 3.88. The number of rotatable bonds is 2. The van der Waals surface area contributed by atoms with Crippen molar-refractivity contribution in [3.8, 4) is 0 Å². The molecule has 3 atom stereocenters. The summed E-state index contributed by atoms with van der Waals surface area (Å²) in [5, 5.41) is 8.96. The van der Waals surface area contributed by atoms with Gasteiger partial charge in [0.2, 0.25) is 0 Å². The Morgan fingerprint density at radius 3 is 2.69 bits per heavy atom. The molecule has 1 rings (SSSR count). The Morgan fingerprint density at radius 2 is 2.31 bits per heavy atom. The SMILES string of the molecule is COC1CCC(N)(C(=O)O)C(C)C1. The second-order valence-corrected chi connectivity index (χ2v) is 3.88. The molecule has 0 heterocycles. The van der Waals surface area contributed by atoms with Crippen LogP contribution in [0.25, 0.3) is 0 Å². The van der Waals surface area contributed by atoms with Crippen LogP contribution >= 0.6 is 0 Å². The van der Waals surface area contributed by atoms with Gasteiger partial charge in [0.25, 0.3) is 0 Å². The predicted molar refractivity (Wildman–Crippen MR) is 48.4 cm³/mol. The molecule has 0 radical (unpaired) electrons. The van der Waals surface area contributed by atoms with Crippen LogP contribution in [0.4, 0.5) is 0 Å². The summed E-state index contributed by atoms with van der Waals surface area (Å²) in [6.45, 7) is 1.87. The fourth-order valence-corrected chi connectivity index (χ4v) is 1.90. The Bertz CT molecular complexity index is 207. The molecule has 1 fully saturated rings. The molecule has 3 unspecified atom stereocenters. The van der Waals surface area contributed by atoms with Crippen LogP contribution in [0, 0.1) is 5.92 Å². The Kier molecular flexibility index (Phi) is 2.93. The third-order valence-electron chi connectivity index (χ3n) is 3.11. The quantitative estimate of drug-likeness (QED) is 0.664. The molecule has 0 aromatic rings. The molecule has 0 aromatic heterocycles. The first-order chi connectivity index (χ1) is 6.00. The van der Waals surface area contributed by atoms with Crippen LogP contribution < -0.4 is 5.73 Å². The molecule has 4 nitrogen and oxygen atoms in total. The lowest BCUT2D eigenvalue weighted by molar-refractivity contribution is -0.148. The van der Waals surface area contributed by atoms with Crippen LogP contribution in [0.2, 0.25) is 0 Å². The molecule has 1 aliphatic rings. The van der Waals surface area contributed by atoms with Gasteiger partial charge in [0.05, 0.1) is 6.10 Å².